The number of carbonyl (C=O) groups excluding carboxylic acids is 1. The van der Waals surface area contributed by atoms with E-state index >= 15 is 0 Å². The van der Waals surface area contributed by atoms with Crippen molar-refractivity contribution in [2.75, 3.05) is 0 Å². The fourth-order valence-corrected chi connectivity index (χ4v) is 3.30. The molecule has 1 aromatic heterocycles. The normalized spacial score (nSPS) is 10.4. The van der Waals surface area contributed by atoms with Gasteiger partial charge in [-0.1, -0.05) is 60.5 Å². The molecule has 3 nitrogen and oxygen atoms in total. The van der Waals surface area contributed by atoms with E-state index in [0.717, 1.165) is 28.3 Å². The first-order chi connectivity index (χ1) is 13.3. The van der Waals surface area contributed by atoms with Gasteiger partial charge >= 0.3 is 0 Å². The summed E-state index contributed by atoms with van der Waals surface area (Å²) < 4.78 is 1.87. The third-order valence-corrected chi connectivity index (χ3v) is 4.55. The van der Waals surface area contributed by atoms with Crippen LogP contribution in [0.5, 0.6) is 0 Å². The molecule has 0 atom stereocenters. The molecule has 27 heavy (non-hydrogen) atoms. The van der Waals surface area contributed by atoms with Crippen LogP contribution in [0.2, 0.25) is 0 Å². The van der Waals surface area contributed by atoms with Gasteiger partial charge in [-0.2, -0.15) is 5.10 Å². The monoisotopic (exact) mass is 350 g/mol. The molecule has 3 heteroatoms. The average molecular weight is 350 g/mol. The Hall–Kier alpha value is -3.64. The Kier molecular flexibility index (Phi) is 4.55. The van der Waals surface area contributed by atoms with Crippen LogP contribution in [0.3, 0.4) is 0 Å². The molecule has 0 aliphatic carbocycles. The lowest BCUT2D eigenvalue weighted by atomic mass is 10.0. The molecule has 0 unspecified atom stereocenters. The van der Waals surface area contributed by atoms with Gasteiger partial charge in [0.05, 0.1) is 18.3 Å². The number of nitrogens with zero attached hydrogens (tertiary/aromatic N) is 2. The van der Waals surface area contributed by atoms with Crippen molar-refractivity contribution in [3.05, 3.63) is 89.6 Å². The summed E-state index contributed by atoms with van der Waals surface area (Å²) >= 11 is 0. The van der Waals surface area contributed by atoms with Crippen LogP contribution in [-0.2, 0) is 6.54 Å². The zero-order valence-electron chi connectivity index (χ0n) is 15.0. The third-order valence-electron chi connectivity index (χ3n) is 4.55. The molecular formula is C24H18N2O. The highest BCUT2D eigenvalue weighted by Crippen LogP contribution is 2.23. The van der Waals surface area contributed by atoms with E-state index in [9.17, 15) is 4.79 Å². The number of aldehydes is 1. The molecule has 0 fully saturated rings. The Labute approximate surface area is 158 Å². The molecule has 0 aliphatic heterocycles. The van der Waals surface area contributed by atoms with E-state index in [0.29, 0.717) is 12.1 Å². The molecule has 3 aromatic carbocycles. The molecule has 0 spiro atoms. The van der Waals surface area contributed by atoms with Gasteiger partial charge in [0.1, 0.15) is 0 Å². The van der Waals surface area contributed by atoms with Gasteiger partial charge < -0.3 is 0 Å². The molecule has 4 rings (SSSR count). The minimum Gasteiger partial charge on any atom is -0.298 e. The van der Waals surface area contributed by atoms with Gasteiger partial charge in [-0.25, -0.2) is 0 Å². The van der Waals surface area contributed by atoms with Crippen molar-refractivity contribution >= 4 is 17.2 Å². The van der Waals surface area contributed by atoms with Gasteiger partial charge in [0.2, 0.25) is 0 Å². The largest absolute Gasteiger partial charge is 0.298 e. The summed E-state index contributed by atoms with van der Waals surface area (Å²) in [5.41, 5.74) is 5.80. The molecule has 0 N–H and O–H groups in total. The number of fused-ring (bicyclic) bond motifs is 1. The Morgan fingerprint density at radius 2 is 1.74 bits per heavy atom. The molecule has 0 amide bonds. The Bertz CT molecular complexity index is 1160. The number of aromatic nitrogens is 2. The minimum atomic E-state index is 0.609. The maximum atomic E-state index is 11.6. The van der Waals surface area contributed by atoms with E-state index < -0.39 is 0 Å². The maximum absolute atomic E-state index is 11.6. The first-order valence-electron chi connectivity index (χ1n) is 8.80. The van der Waals surface area contributed by atoms with Gasteiger partial charge in [0.25, 0.3) is 0 Å². The first-order valence-corrected chi connectivity index (χ1v) is 8.80. The van der Waals surface area contributed by atoms with Crippen LogP contribution in [-0.4, -0.2) is 16.1 Å². The molecule has 0 saturated heterocycles. The van der Waals surface area contributed by atoms with E-state index in [2.05, 4.69) is 53.3 Å². The topological polar surface area (TPSA) is 34.9 Å². The van der Waals surface area contributed by atoms with E-state index in [4.69, 9.17) is 0 Å². The van der Waals surface area contributed by atoms with E-state index in [1.165, 1.54) is 11.1 Å². The third kappa shape index (κ3) is 3.38. The smallest absolute Gasteiger partial charge is 0.152 e. The summed E-state index contributed by atoms with van der Waals surface area (Å²) in [4.78, 5) is 11.6. The number of rotatable bonds is 4. The highest BCUT2D eigenvalue weighted by Gasteiger charge is 2.10. The van der Waals surface area contributed by atoms with Crippen LogP contribution in [0.15, 0.2) is 72.9 Å². The van der Waals surface area contributed by atoms with Crippen LogP contribution in [0.1, 0.15) is 28.4 Å². The predicted molar refractivity (Wildman–Crippen MR) is 109 cm³/mol. The quantitative estimate of drug-likeness (QED) is 0.386. The summed E-state index contributed by atoms with van der Waals surface area (Å²) in [7, 11) is 0. The number of hydrogen-bond acceptors (Lipinski definition) is 2. The summed E-state index contributed by atoms with van der Waals surface area (Å²) in [6, 6.07) is 22.5. The van der Waals surface area contributed by atoms with Crippen LogP contribution in [0, 0.1) is 11.8 Å². The van der Waals surface area contributed by atoms with Gasteiger partial charge in [-0.3, -0.25) is 9.48 Å². The number of hydrogen-bond donors (Lipinski definition) is 0. The number of carbonyl (C=O) groups is 1. The lowest BCUT2D eigenvalue weighted by Gasteiger charge is -2.08. The fraction of sp³-hybridized carbons (Fsp3) is 0.0833. The van der Waals surface area contributed by atoms with Gasteiger partial charge in [-0.05, 0) is 35.7 Å². The van der Waals surface area contributed by atoms with Gasteiger partial charge in [-0.15, -0.1) is 5.92 Å². The van der Waals surface area contributed by atoms with E-state index in [-0.39, 0.29) is 0 Å². The molecule has 0 saturated carbocycles. The molecule has 4 aromatic rings. The summed E-state index contributed by atoms with van der Waals surface area (Å²) in [5.74, 6) is 5.88. The predicted octanol–water partition coefficient (Wildman–Crippen LogP) is 4.94. The van der Waals surface area contributed by atoms with Gasteiger partial charge in [0.15, 0.2) is 6.29 Å². The van der Waals surface area contributed by atoms with Crippen LogP contribution in [0.4, 0.5) is 0 Å². The molecule has 0 bridgehead atoms. The fourth-order valence-electron chi connectivity index (χ4n) is 3.30. The maximum Gasteiger partial charge on any atom is 0.152 e. The molecule has 0 radical (unpaired) electrons. The Balaban J connectivity index is 1.67. The second-order valence-corrected chi connectivity index (χ2v) is 6.36. The van der Waals surface area contributed by atoms with Crippen molar-refractivity contribution in [1.29, 1.82) is 0 Å². The van der Waals surface area contributed by atoms with Crippen LogP contribution in [0.25, 0.3) is 22.0 Å². The Morgan fingerprint density at radius 3 is 2.44 bits per heavy atom. The van der Waals surface area contributed by atoms with Crippen molar-refractivity contribution < 1.29 is 4.79 Å². The second-order valence-electron chi connectivity index (χ2n) is 6.36. The van der Waals surface area contributed by atoms with Crippen molar-refractivity contribution in [3.63, 3.8) is 0 Å². The van der Waals surface area contributed by atoms with Crippen molar-refractivity contribution in [3.8, 4) is 23.0 Å². The molecule has 130 valence electrons. The molecule has 1 heterocycles. The number of benzene rings is 3. The average Bonchev–Trinajstić information content (AvgIpc) is 3.11. The van der Waals surface area contributed by atoms with Crippen LogP contribution < -0.4 is 0 Å². The molecule has 0 aliphatic rings. The zero-order chi connectivity index (χ0) is 18.6. The second kappa shape index (κ2) is 7.31. The van der Waals surface area contributed by atoms with Crippen LogP contribution >= 0.6 is 0 Å². The highest BCUT2D eigenvalue weighted by molar-refractivity contribution is 5.96. The van der Waals surface area contributed by atoms with E-state index in [1.54, 1.807) is 13.1 Å². The standard InChI is InChI=1S/C24H18N2O/c1-2-6-19-13-22-15-25-26(24(22)23(14-19)17-27)16-18-9-11-21(12-10-18)20-7-4-3-5-8-20/h3-5,7-15,17H,16H2,1H3. The lowest BCUT2D eigenvalue weighted by Crippen LogP contribution is -2.03. The Morgan fingerprint density at radius 1 is 1.00 bits per heavy atom. The first kappa shape index (κ1) is 16.8. The SMILES string of the molecule is CC#Cc1cc(C=O)c2c(cnn2Cc2ccc(-c3ccccc3)cc2)c1. The van der Waals surface area contributed by atoms with Crippen molar-refractivity contribution in [1.82, 2.24) is 9.78 Å². The minimum absolute atomic E-state index is 0.609. The lowest BCUT2D eigenvalue weighted by molar-refractivity contribution is 0.112. The summed E-state index contributed by atoms with van der Waals surface area (Å²) in [5, 5.41) is 5.42. The zero-order valence-corrected chi connectivity index (χ0v) is 15.0. The summed E-state index contributed by atoms with van der Waals surface area (Å²) in [6.07, 6.45) is 2.67. The highest BCUT2D eigenvalue weighted by atomic mass is 16.1. The van der Waals surface area contributed by atoms with Crippen molar-refractivity contribution in [2.45, 2.75) is 13.5 Å². The van der Waals surface area contributed by atoms with Crippen molar-refractivity contribution in [2.24, 2.45) is 0 Å². The van der Waals surface area contributed by atoms with Gasteiger partial charge in [0, 0.05) is 16.5 Å². The summed E-state index contributed by atoms with van der Waals surface area (Å²) in [6.45, 7) is 2.39. The molecular weight excluding hydrogens is 332 g/mol. The van der Waals surface area contributed by atoms with E-state index in [1.807, 2.05) is 35.0 Å².